The molecule has 2 saturated heterocycles. The largest absolute Gasteiger partial charge is 0.460 e. The third-order valence-corrected chi connectivity index (χ3v) is 8.46. The van der Waals surface area contributed by atoms with E-state index in [9.17, 15) is 19.5 Å². The average molecular weight is 639 g/mol. The van der Waals surface area contributed by atoms with E-state index in [0.717, 1.165) is 25.2 Å². The minimum absolute atomic E-state index is 0.248. The van der Waals surface area contributed by atoms with Crippen LogP contribution in [0.25, 0.3) is 0 Å². The molecule has 0 aromatic carbocycles. The number of hydrogen-bond donors (Lipinski definition) is 2. The Morgan fingerprint density at radius 2 is 1.64 bits per heavy atom. The summed E-state index contributed by atoms with van der Waals surface area (Å²) in [5.74, 6) is -1.06. The first kappa shape index (κ1) is 39.2. The van der Waals surface area contributed by atoms with E-state index in [1.54, 1.807) is 20.9 Å². The molecular formula is C35H62N2O8. The molecule has 2 aliphatic heterocycles. The molecule has 2 N–H and O–H groups in total. The minimum atomic E-state index is -1.35. The van der Waals surface area contributed by atoms with E-state index in [4.69, 9.17) is 18.9 Å². The van der Waals surface area contributed by atoms with Crippen LogP contribution in [0.15, 0.2) is 12.2 Å². The maximum absolute atomic E-state index is 13.3. The second-order valence-corrected chi connectivity index (χ2v) is 14.1. The van der Waals surface area contributed by atoms with Gasteiger partial charge in [-0.15, -0.1) is 0 Å². The summed E-state index contributed by atoms with van der Waals surface area (Å²) in [7, 11) is 2.97. The Labute approximate surface area is 271 Å². The topological polar surface area (TPSA) is 124 Å². The Balaban J connectivity index is 1.81. The lowest BCUT2D eigenvalue weighted by Crippen LogP contribution is -2.55. The van der Waals surface area contributed by atoms with Crippen LogP contribution in [0.3, 0.4) is 0 Å². The molecule has 0 aliphatic carbocycles. The second-order valence-electron chi connectivity index (χ2n) is 14.1. The summed E-state index contributed by atoms with van der Waals surface area (Å²) in [6, 6.07) is -0.838. The van der Waals surface area contributed by atoms with Gasteiger partial charge in [-0.2, -0.15) is 0 Å². The molecule has 0 radical (unpaired) electrons. The van der Waals surface area contributed by atoms with Crippen molar-refractivity contribution in [2.45, 2.75) is 161 Å². The minimum Gasteiger partial charge on any atom is -0.460 e. The number of likely N-dealkylation sites (tertiary alicyclic amines) is 1. The Morgan fingerprint density at radius 3 is 2.24 bits per heavy atom. The Kier molecular flexibility index (Phi) is 17.1. The third kappa shape index (κ3) is 14.1. The van der Waals surface area contributed by atoms with Crippen LogP contribution in [0.2, 0.25) is 0 Å². The monoisotopic (exact) mass is 638 g/mol. The van der Waals surface area contributed by atoms with Crippen molar-refractivity contribution in [3.63, 3.8) is 0 Å². The lowest BCUT2D eigenvalue weighted by molar-refractivity contribution is -0.169. The van der Waals surface area contributed by atoms with Crippen molar-refractivity contribution in [2.75, 3.05) is 20.7 Å². The molecular weight excluding hydrogens is 576 g/mol. The van der Waals surface area contributed by atoms with Crippen LogP contribution in [0.4, 0.5) is 0 Å². The van der Waals surface area contributed by atoms with Gasteiger partial charge in [-0.1, -0.05) is 91.2 Å². The Bertz CT molecular complexity index is 937. The van der Waals surface area contributed by atoms with E-state index in [1.807, 2.05) is 26.0 Å². The number of nitrogens with one attached hydrogen (secondary N) is 1. The standard InChI is InChI=1S/C35H62N2O8/c1-24(2)17-15-13-11-9-10-12-14-16-18-29(38)43-26-20-21-27(34(41)37(7)23-26)36-33(40)32(42-8)30(39)31-28(22-19-25(3)4)44-35(5,6)45-31/h19,22,24-28,30-32,39H,9-18,20-21,23H2,1-8H3,(H,36,40)/b22-19+/t26-,27-,28+,30+,31-,32+/m0/s1. The highest BCUT2D eigenvalue weighted by molar-refractivity contribution is 5.89. The molecule has 2 fully saturated rings. The van der Waals surface area contributed by atoms with Gasteiger partial charge in [0.1, 0.15) is 30.5 Å². The van der Waals surface area contributed by atoms with Gasteiger partial charge in [-0.25, -0.2) is 0 Å². The predicted molar refractivity (Wildman–Crippen MR) is 174 cm³/mol. The van der Waals surface area contributed by atoms with Gasteiger partial charge in [-0.05, 0) is 44.9 Å². The van der Waals surface area contributed by atoms with Crippen molar-refractivity contribution < 1.29 is 38.4 Å². The van der Waals surface area contributed by atoms with Crippen LogP contribution in [0, 0.1) is 11.8 Å². The van der Waals surface area contributed by atoms with Crippen LogP contribution in [0.1, 0.15) is 119 Å². The number of allylic oxidation sites excluding steroid dienone is 1. The van der Waals surface area contributed by atoms with Gasteiger partial charge in [0.25, 0.3) is 5.91 Å². The van der Waals surface area contributed by atoms with E-state index in [2.05, 4.69) is 19.2 Å². The number of rotatable bonds is 19. The fourth-order valence-electron chi connectivity index (χ4n) is 5.98. The highest BCUT2D eigenvalue weighted by Crippen LogP contribution is 2.32. The number of amides is 2. The molecule has 10 heteroatoms. The summed E-state index contributed by atoms with van der Waals surface area (Å²) in [6.45, 7) is 12.4. The molecule has 0 aromatic heterocycles. The Morgan fingerprint density at radius 1 is 1.02 bits per heavy atom. The molecule has 2 rings (SSSR count). The number of esters is 1. The smallest absolute Gasteiger partial charge is 0.306 e. The SMILES string of the molecule is CO[C@@H](C(=O)N[C@H]1CC[C@H](OC(=O)CCCCCCCCCCC(C)C)CN(C)C1=O)[C@H](O)[C@H]1OC(C)(C)O[C@@H]1/C=C/C(C)C. The number of unbranched alkanes of at least 4 members (excludes halogenated alkanes) is 7. The van der Waals surface area contributed by atoms with Gasteiger partial charge in [0.2, 0.25) is 5.91 Å². The number of carbonyl (C=O) groups excluding carboxylic acids is 3. The molecule has 2 amide bonds. The highest BCUT2D eigenvalue weighted by atomic mass is 16.8. The van der Waals surface area contributed by atoms with Crippen molar-refractivity contribution in [1.29, 1.82) is 0 Å². The highest BCUT2D eigenvalue weighted by Gasteiger charge is 2.48. The number of methoxy groups -OCH3 is 1. The zero-order valence-corrected chi connectivity index (χ0v) is 29.2. The van der Waals surface area contributed by atoms with Crippen LogP contribution in [0.5, 0.6) is 0 Å². The molecule has 6 atom stereocenters. The van der Waals surface area contributed by atoms with Crippen molar-refractivity contribution in [1.82, 2.24) is 10.2 Å². The van der Waals surface area contributed by atoms with Gasteiger partial charge in [-0.3, -0.25) is 14.4 Å². The summed E-state index contributed by atoms with van der Waals surface area (Å²) in [4.78, 5) is 40.5. The zero-order valence-electron chi connectivity index (χ0n) is 29.2. The number of hydrogen-bond acceptors (Lipinski definition) is 8. The molecule has 0 bridgehead atoms. The van der Waals surface area contributed by atoms with Crippen LogP contribution >= 0.6 is 0 Å². The van der Waals surface area contributed by atoms with Crippen molar-refractivity contribution in [2.24, 2.45) is 11.8 Å². The second kappa shape index (κ2) is 19.6. The number of aliphatic hydroxyl groups excluding tert-OH is 1. The number of carbonyl (C=O) groups is 3. The summed E-state index contributed by atoms with van der Waals surface area (Å²) < 4.78 is 23.1. The van der Waals surface area contributed by atoms with Crippen LogP contribution < -0.4 is 5.32 Å². The summed E-state index contributed by atoms with van der Waals surface area (Å²) >= 11 is 0. The van der Waals surface area contributed by atoms with E-state index in [1.165, 1.54) is 50.5 Å². The van der Waals surface area contributed by atoms with Gasteiger partial charge >= 0.3 is 5.97 Å². The maximum atomic E-state index is 13.3. The molecule has 0 saturated carbocycles. The lowest BCUT2D eigenvalue weighted by Gasteiger charge is -2.29. The first-order chi connectivity index (χ1) is 21.2. The van der Waals surface area contributed by atoms with Crippen LogP contribution in [-0.4, -0.2) is 90.8 Å². The molecule has 0 aromatic rings. The number of ether oxygens (including phenoxy) is 4. The van der Waals surface area contributed by atoms with E-state index < -0.39 is 48.3 Å². The molecule has 0 spiro atoms. The average Bonchev–Trinajstić information content (AvgIpc) is 3.21. The lowest BCUT2D eigenvalue weighted by atomic mass is 10.00. The number of aliphatic hydroxyl groups is 1. The van der Waals surface area contributed by atoms with E-state index >= 15 is 0 Å². The predicted octanol–water partition coefficient (Wildman–Crippen LogP) is 5.30. The van der Waals surface area contributed by atoms with Crippen molar-refractivity contribution in [3.8, 4) is 0 Å². The van der Waals surface area contributed by atoms with E-state index in [-0.39, 0.29) is 24.3 Å². The summed E-state index contributed by atoms with van der Waals surface area (Å²) in [5.41, 5.74) is 0. The van der Waals surface area contributed by atoms with Gasteiger partial charge in [0.05, 0.1) is 6.54 Å². The normalized spacial score (nSPS) is 25.1. The molecule has 2 heterocycles. The molecule has 2 aliphatic rings. The molecule has 260 valence electrons. The first-order valence-electron chi connectivity index (χ1n) is 17.2. The molecule has 0 unspecified atom stereocenters. The van der Waals surface area contributed by atoms with Gasteiger partial charge < -0.3 is 34.3 Å². The number of likely N-dealkylation sites (N-methyl/N-ethyl adjacent to an activating group) is 1. The number of nitrogens with zero attached hydrogens (tertiary/aromatic N) is 1. The maximum Gasteiger partial charge on any atom is 0.306 e. The van der Waals surface area contributed by atoms with Crippen molar-refractivity contribution >= 4 is 17.8 Å². The summed E-state index contributed by atoms with van der Waals surface area (Å²) in [5, 5.41) is 14.0. The van der Waals surface area contributed by atoms with Gasteiger partial charge in [0, 0.05) is 20.6 Å². The Hall–Kier alpha value is -2.01. The quantitative estimate of drug-likeness (QED) is 0.111. The van der Waals surface area contributed by atoms with Gasteiger partial charge in [0.15, 0.2) is 11.9 Å². The fraction of sp³-hybridized carbons (Fsp3) is 0.857. The summed E-state index contributed by atoms with van der Waals surface area (Å²) in [6.07, 6.45) is 11.0. The third-order valence-electron chi connectivity index (χ3n) is 8.46. The first-order valence-corrected chi connectivity index (χ1v) is 17.2. The van der Waals surface area contributed by atoms with Crippen molar-refractivity contribution in [3.05, 3.63) is 12.2 Å². The van der Waals surface area contributed by atoms with E-state index in [0.29, 0.717) is 19.3 Å². The molecule has 10 nitrogen and oxygen atoms in total. The van der Waals surface area contributed by atoms with Crippen LogP contribution in [-0.2, 0) is 33.3 Å². The zero-order chi connectivity index (χ0) is 33.6. The molecule has 45 heavy (non-hydrogen) atoms. The fourth-order valence-corrected chi connectivity index (χ4v) is 5.98.